The van der Waals surface area contributed by atoms with Crippen LogP contribution in [-0.4, -0.2) is 17.4 Å². The molecule has 3 nitrogen and oxygen atoms in total. The second-order valence-electron chi connectivity index (χ2n) is 12.2. The number of aromatic nitrogens is 1. The fourth-order valence-electron chi connectivity index (χ4n) is 6.60. The summed E-state index contributed by atoms with van der Waals surface area (Å²) in [5, 5.41) is 7.38. The van der Waals surface area contributed by atoms with Crippen LogP contribution in [0.1, 0.15) is 16.7 Å². The number of nitrogens with zero attached hydrogens (tertiary/aromatic N) is 3. The standard InChI is InChI=1S/C46H33N3/c1-47-45(39-14-8-13-36(27-39)40-15-9-25-48-30-40)29-46(34-22-19-33(20-23-34)37-24-21-32-10-2-3-11-35(32)26-37)49-31-41-28-38-12-4-5-16-42(38)44-18-7-6-17-43(41)44/h2-30H,1,31H2/b45-29-,49-46+. The maximum Gasteiger partial charge on any atom is 0.0716 e. The van der Waals surface area contributed by atoms with Crippen LogP contribution in [0.25, 0.3) is 60.3 Å². The maximum absolute atomic E-state index is 5.30. The van der Waals surface area contributed by atoms with Gasteiger partial charge in [0.05, 0.1) is 18.0 Å². The third-order valence-electron chi connectivity index (χ3n) is 9.13. The minimum atomic E-state index is 0.518. The highest BCUT2D eigenvalue weighted by Gasteiger charge is 2.11. The first-order valence-electron chi connectivity index (χ1n) is 16.5. The summed E-state index contributed by atoms with van der Waals surface area (Å²) in [5.41, 5.74) is 9.22. The van der Waals surface area contributed by atoms with E-state index in [-0.39, 0.29) is 0 Å². The first-order valence-corrected chi connectivity index (χ1v) is 16.5. The van der Waals surface area contributed by atoms with Crippen molar-refractivity contribution < 1.29 is 0 Å². The van der Waals surface area contributed by atoms with Crippen molar-refractivity contribution in [1.29, 1.82) is 0 Å². The van der Waals surface area contributed by atoms with Crippen molar-refractivity contribution in [1.82, 2.24) is 4.98 Å². The number of fused-ring (bicyclic) bond motifs is 4. The third kappa shape index (κ3) is 6.18. The molecule has 1 aromatic heterocycles. The smallest absolute Gasteiger partial charge is 0.0716 e. The van der Waals surface area contributed by atoms with Gasteiger partial charge in [-0.15, -0.1) is 0 Å². The molecule has 232 valence electrons. The Morgan fingerprint density at radius 2 is 1.22 bits per heavy atom. The topological polar surface area (TPSA) is 37.6 Å². The lowest BCUT2D eigenvalue weighted by Gasteiger charge is -2.11. The lowest BCUT2D eigenvalue weighted by atomic mass is 9.97. The summed E-state index contributed by atoms with van der Waals surface area (Å²) in [7, 11) is 0. The van der Waals surface area contributed by atoms with E-state index in [1.807, 2.05) is 18.3 Å². The molecule has 8 rings (SSSR count). The number of hydrogen-bond acceptors (Lipinski definition) is 3. The molecule has 0 unspecified atom stereocenters. The van der Waals surface area contributed by atoms with Crippen LogP contribution in [0.4, 0.5) is 0 Å². The van der Waals surface area contributed by atoms with Gasteiger partial charge in [0.15, 0.2) is 0 Å². The molecule has 0 fully saturated rings. The molecule has 7 aromatic carbocycles. The van der Waals surface area contributed by atoms with Crippen LogP contribution in [0.2, 0.25) is 0 Å². The molecule has 0 aliphatic rings. The molecule has 49 heavy (non-hydrogen) atoms. The summed E-state index contributed by atoms with van der Waals surface area (Å²) >= 11 is 0. The summed E-state index contributed by atoms with van der Waals surface area (Å²) < 4.78 is 0. The number of allylic oxidation sites excluding steroid dienone is 1. The van der Waals surface area contributed by atoms with Gasteiger partial charge in [-0.05, 0) is 97.2 Å². The molecule has 0 aliphatic carbocycles. The van der Waals surface area contributed by atoms with Gasteiger partial charge < -0.3 is 0 Å². The molecule has 0 amide bonds. The molecule has 1 heterocycles. The predicted octanol–water partition coefficient (Wildman–Crippen LogP) is 11.6. The van der Waals surface area contributed by atoms with Crippen molar-refractivity contribution in [2.75, 3.05) is 0 Å². The van der Waals surface area contributed by atoms with E-state index in [1.54, 1.807) is 6.20 Å². The van der Waals surface area contributed by atoms with Gasteiger partial charge in [-0.2, -0.15) is 0 Å². The molecular formula is C46H33N3. The Bertz CT molecular complexity index is 2530. The summed E-state index contributed by atoms with van der Waals surface area (Å²) in [5.74, 6) is 0. The number of pyridine rings is 1. The zero-order valence-corrected chi connectivity index (χ0v) is 27.0. The van der Waals surface area contributed by atoms with E-state index in [4.69, 9.17) is 4.99 Å². The van der Waals surface area contributed by atoms with Crippen LogP contribution in [0, 0.1) is 0 Å². The van der Waals surface area contributed by atoms with Gasteiger partial charge in [-0.25, -0.2) is 0 Å². The van der Waals surface area contributed by atoms with Gasteiger partial charge in [-0.1, -0.05) is 133 Å². The zero-order chi connectivity index (χ0) is 33.0. The Morgan fingerprint density at radius 3 is 2.02 bits per heavy atom. The van der Waals surface area contributed by atoms with E-state index in [0.29, 0.717) is 6.54 Å². The van der Waals surface area contributed by atoms with Crippen molar-refractivity contribution in [3.63, 3.8) is 0 Å². The molecule has 0 N–H and O–H groups in total. The van der Waals surface area contributed by atoms with Crippen molar-refractivity contribution in [2.45, 2.75) is 6.54 Å². The van der Waals surface area contributed by atoms with Crippen LogP contribution >= 0.6 is 0 Å². The summed E-state index contributed by atoms with van der Waals surface area (Å²) in [4.78, 5) is 14.1. The first-order chi connectivity index (χ1) is 24.2. The second-order valence-corrected chi connectivity index (χ2v) is 12.2. The van der Waals surface area contributed by atoms with E-state index in [9.17, 15) is 0 Å². The van der Waals surface area contributed by atoms with Gasteiger partial charge in [0.1, 0.15) is 0 Å². The first kappa shape index (κ1) is 29.9. The molecule has 0 spiro atoms. The second kappa shape index (κ2) is 13.3. The van der Waals surface area contributed by atoms with E-state index in [1.165, 1.54) is 43.4 Å². The minimum absolute atomic E-state index is 0.518. The molecule has 0 aliphatic heterocycles. The fourth-order valence-corrected chi connectivity index (χ4v) is 6.60. The van der Waals surface area contributed by atoms with Crippen molar-refractivity contribution in [2.24, 2.45) is 9.98 Å². The molecular weight excluding hydrogens is 595 g/mol. The highest BCUT2D eigenvalue weighted by atomic mass is 14.8. The van der Waals surface area contributed by atoms with Crippen LogP contribution in [0.5, 0.6) is 0 Å². The lowest BCUT2D eigenvalue weighted by molar-refractivity contribution is 1.09. The van der Waals surface area contributed by atoms with Gasteiger partial charge >= 0.3 is 0 Å². The van der Waals surface area contributed by atoms with Crippen LogP contribution in [-0.2, 0) is 6.54 Å². The Hall–Kier alpha value is -6.45. The largest absolute Gasteiger partial charge is 0.280 e. The monoisotopic (exact) mass is 627 g/mol. The van der Waals surface area contributed by atoms with E-state index >= 15 is 0 Å². The average Bonchev–Trinajstić information content (AvgIpc) is 3.18. The SMILES string of the molecule is C=N/C(=C\C(=N/Cc1cc2ccccc2c2ccccc12)c1ccc(-c2ccc3ccccc3c2)cc1)c1cccc(-c2cccnc2)c1. The molecule has 8 aromatic rings. The minimum Gasteiger partial charge on any atom is -0.280 e. The molecule has 0 saturated heterocycles. The summed E-state index contributed by atoms with van der Waals surface area (Å²) in [6.45, 7) is 4.49. The Kier molecular flexibility index (Phi) is 8.15. The highest BCUT2D eigenvalue weighted by molar-refractivity contribution is 6.13. The number of benzene rings is 7. The number of hydrogen-bond donors (Lipinski definition) is 0. The lowest BCUT2D eigenvalue weighted by Crippen LogP contribution is -2.01. The summed E-state index contributed by atoms with van der Waals surface area (Å²) in [6.07, 6.45) is 5.72. The zero-order valence-electron chi connectivity index (χ0n) is 27.0. The van der Waals surface area contributed by atoms with Crippen LogP contribution < -0.4 is 0 Å². The van der Waals surface area contributed by atoms with E-state index < -0.39 is 0 Å². The molecule has 3 heteroatoms. The fraction of sp³-hybridized carbons (Fsp3) is 0.0217. The van der Waals surface area contributed by atoms with Gasteiger partial charge in [0.25, 0.3) is 0 Å². The van der Waals surface area contributed by atoms with Crippen LogP contribution in [0.3, 0.4) is 0 Å². The number of aliphatic imine (C=N–C) groups is 2. The van der Waals surface area contributed by atoms with Crippen LogP contribution in [0.15, 0.2) is 186 Å². The summed E-state index contributed by atoms with van der Waals surface area (Å²) in [6, 6.07) is 55.6. The van der Waals surface area contributed by atoms with Crippen molar-refractivity contribution in [3.8, 4) is 22.3 Å². The van der Waals surface area contributed by atoms with Crippen molar-refractivity contribution in [3.05, 3.63) is 193 Å². The Morgan fingerprint density at radius 1 is 0.531 bits per heavy atom. The van der Waals surface area contributed by atoms with E-state index in [0.717, 1.165) is 39.2 Å². The normalized spacial score (nSPS) is 12.1. The van der Waals surface area contributed by atoms with Crippen molar-refractivity contribution >= 4 is 50.4 Å². The number of rotatable bonds is 8. The maximum atomic E-state index is 5.30. The average molecular weight is 628 g/mol. The Labute approximate surface area is 286 Å². The van der Waals surface area contributed by atoms with Gasteiger partial charge in [0, 0.05) is 23.5 Å². The third-order valence-corrected chi connectivity index (χ3v) is 9.13. The highest BCUT2D eigenvalue weighted by Crippen LogP contribution is 2.31. The van der Waals surface area contributed by atoms with Gasteiger partial charge in [0.2, 0.25) is 0 Å². The van der Waals surface area contributed by atoms with Gasteiger partial charge in [-0.3, -0.25) is 15.0 Å². The molecule has 0 radical (unpaired) electrons. The predicted molar refractivity (Wildman–Crippen MR) is 208 cm³/mol. The molecule has 0 atom stereocenters. The molecule has 0 bridgehead atoms. The Balaban J connectivity index is 1.22. The molecule has 0 saturated carbocycles. The van der Waals surface area contributed by atoms with E-state index in [2.05, 4.69) is 168 Å². The quantitative estimate of drug-likeness (QED) is 0.122.